The van der Waals surface area contributed by atoms with E-state index in [1.165, 1.54) is 0 Å². The molecular formula is C14H18N2O2. The molecule has 96 valence electrons. The van der Waals surface area contributed by atoms with Crippen molar-refractivity contribution in [2.45, 2.75) is 19.1 Å². The lowest BCUT2D eigenvalue weighted by Crippen LogP contribution is -2.04. The van der Waals surface area contributed by atoms with E-state index in [4.69, 9.17) is 4.74 Å². The van der Waals surface area contributed by atoms with Crippen molar-refractivity contribution in [1.29, 1.82) is 0 Å². The molecule has 0 aliphatic heterocycles. The number of aryl methyl sites for hydroxylation is 1. The van der Waals surface area contributed by atoms with Gasteiger partial charge in [0.1, 0.15) is 0 Å². The first-order valence-electron chi connectivity index (χ1n) is 5.93. The summed E-state index contributed by atoms with van der Waals surface area (Å²) in [6, 6.07) is 9.73. The fourth-order valence-electron chi connectivity index (χ4n) is 1.94. The summed E-state index contributed by atoms with van der Waals surface area (Å²) >= 11 is 0. The van der Waals surface area contributed by atoms with Crippen LogP contribution in [0.1, 0.15) is 22.9 Å². The van der Waals surface area contributed by atoms with Crippen molar-refractivity contribution >= 4 is 0 Å². The van der Waals surface area contributed by atoms with Gasteiger partial charge in [-0.15, -0.1) is 0 Å². The van der Waals surface area contributed by atoms with E-state index in [0.29, 0.717) is 13.0 Å². The maximum atomic E-state index is 10.2. The highest BCUT2D eigenvalue weighted by Crippen LogP contribution is 2.18. The van der Waals surface area contributed by atoms with Gasteiger partial charge in [0, 0.05) is 26.8 Å². The van der Waals surface area contributed by atoms with Gasteiger partial charge in [-0.2, -0.15) is 5.10 Å². The lowest BCUT2D eigenvalue weighted by molar-refractivity contribution is 0.174. The Morgan fingerprint density at radius 3 is 2.89 bits per heavy atom. The highest BCUT2D eigenvalue weighted by atomic mass is 16.5. The fourth-order valence-corrected chi connectivity index (χ4v) is 1.94. The quantitative estimate of drug-likeness (QED) is 0.875. The average Bonchev–Trinajstić information content (AvgIpc) is 2.75. The Morgan fingerprint density at radius 1 is 1.39 bits per heavy atom. The molecule has 0 radical (unpaired) electrons. The molecule has 0 bridgehead atoms. The summed E-state index contributed by atoms with van der Waals surface area (Å²) in [6.45, 7) is 0.560. The molecule has 0 aliphatic rings. The zero-order valence-corrected chi connectivity index (χ0v) is 10.7. The second kappa shape index (κ2) is 5.80. The van der Waals surface area contributed by atoms with Crippen molar-refractivity contribution in [3.05, 3.63) is 53.3 Å². The number of rotatable bonds is 5. The summed E-state index contributed by atoms with van der Waals surface area (Å²) in [5, 5.41) is 14.5. The van der Waals surface area contributed by atoms with Gasteiger partial charge in [-0.3, -0.25) is 4.68 Å². The first-order chi connectivity index (χ1) is 8.69. The van der Waals surface area contributed by atoms with Crippen LogP contribution in [0.5, 0.6) is 0 Å². The number of nitrogens with zero attached hydrogens (tertiary/aromatic N) is 2. The predicted octanol–water partition coefficient (Wildman–Crippen LogP) is 1.84. The van der Waals surface area contributed by atoms with Crippen molar-refractivity contribution in [1.82, 2.24) is 9.78 Å². The van der Waals surface area contributed by atoms with Gasteiger partial charge in [0.05, 0.1) is 18.4 Å². The first kappa shape index (κ1) is 12.8. The Balaban J connectivity index is 2.08. The molecule has 1 atom stereocenters. The Kier molecular flexibility index (Phi) is 4.12. The van der Waals surface area contributed by atoms with Crippen LogP contribution < -0.4 is 0 Å². The molecule has 0 aliphatic carbocycles. The van der Waals surface area contributed by atoms with Crippen LogP contribution in [0.3, 0.4) is 0 Å². The molecule has 1 aromatic heterocycles. The van der Waals surface area contributed by atoms with Crippen LogP contribution in [-0.4, -0.2) is 22.0 Å². The minimum absolute atomic E-state index is 0.525. The largest absolute Gasteiger partial charge is 0.388 e. The van der Waals surface area contributed by atoms with Crippen molar-refractivity contribution < 1.29 is 9.84 Å². The second-order valence-electron chi connectivity index (χ2n) is 4.38. The molecular weight excluding hydrogens is 228 g/mol. The molecule has 0 fully saturated rings. The minimum Gasteiger partial charge on any atom is -0.388 e. The number of benzene rings is 1. The van der Waals surface area contributed by atoms with Crippen molar-refractivity contribution in [3.8, 4) is 0 Å². The van der Waals surface area contributed by atoms with Gasteiger partial charge < -0.3 is 9.84 Å². The molecule has 0 saturated heterocycles. The smallest absolute Gasteiger partial charge is 0.0846 e. The number of aliphatic hydroxyl groups is 1. The number of ether oxygens (including phenoxy) is 1. The van der Waals surface area contributed by atoms with E-state index in [0.717, 1.165) is 16.8 Å². The Morgan fingerprint density at radius 2 is 2.22 bits per heavy atom. The van der Waals surface area contributed by atoms with Crippen LogP contribution in [0, 0.1) is 0 Å². The van der Waals surface area contributed by atoms with Crippen LogP contribution >= 0.6 is 0 Å². The third-order valence-electron chi connectivity index (χ3n) is 2.82. The van der Waals surface area contributed by atoms with Crippen molar-refractivity contribution in [2.24, 2.45) is 7.05 Å². The van der Waals surface area contributed by atoms with Crippen LogP contribution in [0.15, 0.2) is 36.5 Å². The summed E-state index contributed by atoms with van der Waals surface area (Å²) in [5.41, 5.74) is 2.85. The van der Waals surface area contributed by atoms with E-state index in [1.807, 2.05) is 43.6 Å². The highest BCUT2D eigenvalue weighted by Gasteiger charge is 2.10. The molecule has 4 heteroatoms. The molecule has 0 saturated carbocycles. The number of methoxy groups -OCH3 is 1. The fraction of sp³-hybridized carbons (Fsp3) is 0.357. The van der Waals surface area contributed by atoms with Gasteiger partial charge in [0.2, 0.25) is 0 Å². The van der Waals surface area contributed by atoms with Gasteiger partial charge in [0.15, 0.2) is 0 Å². The molecule has 0 spiro atoms. The lowest BCUT2D eigenvalue weighted by atomic mass is 10.0. The number of aliphatic hydroxyl groups excluding tert-OH is 1. The minimum atomic E-state index is -0.531. The van der Waals surface area contributed by atoms with E-state index >= 15 is 0 Å². The van der Waals surface area contributed by atoms with E-state index < -0.39 is 6.10 Å². The molecule has 0 amide bonds. The predicted molar refractivity (Wildman–Crippen MR) is 69.0 cm³/mol. The maximum Gasteiger partial charge on any atom is 0.0846 e. The second-order valence-corrected chi connectivity index (χ2v) is 4.38. The molecule has 1 heterocycles. The van der Waals surface area contributed by atoms with Gasteiger partial charge in [0.25, 0.3) is 0 Å². The van der Waals surface area contributed by atoms with Gasteiger partial charge in [-0.05, 0) is 17.2 Å². The first-order valence-corrected chi connectivity index (χ1v) is 5.93. The third-order valence-corrected chi connectivity index (χ3v) is 2.82. The van der Waals surface area contributed by atoms with Gasteiger partial charge >= 0.3 is 0 Å². The molecule has 1 aromatic carbocycles. The Labute approximate surface area is 107 Å². The van der Waals surface area contributed by atoms with E-state index in [9.17, 15) is 5.11 Å². The highest BCUT2D eigenvalue weighted by molar-refractivity contribution is 5.25. The summed E-state index contributed by atoms with van der Waals surface area (Å²) in [5.74, 6) is 0. The van der Waals surface area contributed by atoms with E-state index in [2.05, 4.69) is 5.10 Å². The van der Waals surface area contributed by atoms with Crippen LogP contribution in [0.25, 0.3) is 0 Å². The Hall–Kier alpha value is -1.65. The third kappa shape index (κ3) is 3.18. The van der Waals surface area contributed by atoms with Crippen LogP contribution in [-0.2, 0) is 24.8 Å². The number of hydrogen-bond donors (Lipinski definition) is 1. The summed E-state index contributed by atoms with van der Waals surface area (Å²) in [6.07, 6.45) is 1.87. The summed E-state index contributed by atoms with van der Waals surface area (Å²) in [7, 11) is 3.53. The average molecular weight is 246 g/mol. The van der Waals surface area contributed by atoms with Crippen molar-refractivity contribution in [3.63, 3.8) is 0 Å². The lowest BCUT2D eigenvalue weighted by Gasteiger charge is -2.11. The number of aromatic nitrogens is 2. The molecule has 18 heavy (non-hydrogen) atoms. The zero-order valence-electron chi connectivity index (χ0n) is 10.7. The summed E-state index contributed by atoms with van der Waals surface area (Å²) in [4.78, 5) is 0. The van der Waals surface area contributed by atoms with Crippen LogP contribution in [0.4, 0.5) is 0 Å². The molecule has 1 unspecified atom stereocenters. The zero-order chi connectivity index (χ0) is 13.0. The van der Waals surface area contributed by atoms with Crippen LogP contribution in [0.2, 0.25) is 0 Å². The molecule has 1 N–H and O–H groups in total. The molecule has 2 aromatic rings. The standard InChI is InChI=1S/C14H18N2O2/c1-16-7-6-13(15-16)9-14(17)12-5-3-4-11(8-12)10-18-2/h3-8,14,17H,9-10H2,1-2H3. The Bertz CT molecular complexity index is 508. The monoisotopic (exact) mass is 246 g/mol. The summed E-state index contributed by atoms with van der Waals surface area (Å²) < 4.78 is 6.83. The molecule has 2 rings (SSSR count). The van der Waals surface area contributed by atoms with Gasteiger partial charge in [-0.1, -0.05) is 24.3 Å². The molecule has 4 nitrogen and oxygen atoms in total. The SMILES string of the molecule is COCc1cccc(C(O)Cc2ccn(C)n2)c1. The maximum absolute atomic E-state index is 10.2. The normalized spacial score (nSPS) is 12.6. The van der Waals surface area contributed by atoms with E-state index in [1.54, 1.807) is 11.8 Å². The topological polar surface area (TPSA) is 47.3 Å². The van der Waals surface area contributed by atoms with Gasteiger partial charge in [-0.25, -0.2) is 0 Å². The van der Waals surface area contributed by atoms with E-state index in [-0.39, 0.29) is 0 Å². The van der Waals surface area contributed by atoms with Crippen molar-refractivity contribution in [2.75, 3.05) is 7.11 Å². The number of hydrogen-bond acceptors (Lipinski definition) is 3.